The fraction of sp³-hybridized carbons (Fsp3) is 0.531. The lowest BCUT2D eigenvalue weighted by Gasteiger charge is -2.35. The van der Waals surface area contributed by atoms with Gasteiger partial charge in [-0.1, -0.05) is 64.5 Å². The molecule has 8 atom stereocenters. The molecular weight excluding hydrogens is 1240 g/mol. The van der Waals surface area contributed by atoms with Crippen molar-refractivity contribution >= 4 is 91.2 Å². The second kappa shape index (κ2) is 31.8. The van der Waals surface area contributed by atoms with E-state index in [-0.39, 0.29) is 67.9 Å². The molecule has 4 aromatic rings. The Kier molecular flexibility index (Phi) is 24.3. The average molecular weight is 1330 g/mol. The molecule has 10 rings (SSSR count). The third kappa shape index (κ3) is 18.7. The number of nitrogens with zero attached hydrogens (tertiary/aromatic N) is 4. The van der Waals surface area contributed by atoms with E-state index in [0.717, 1.165) is 57.7 Å². The molecule has 27 heteroatoms. The number of aliphatic carboxylic acids is 2. The lowest BCUT2D eigenvalue weighted by Crippen LogP contribution is -2.61. The number of hydrogen-bond acceptors (Lipinski definition) is 18. The van der Waals surface area contributed by atoms with Gasteiger partial charge in [-0.3, -0.25) is 58.3 Å². The number of nitrogens with one attached hydrogen (secondary N) is 6. The highest BCUT2D eigenvalue weighted by molar-refractivity contribution is 9.10. The van der Waals surface area contributed by atoms with E-state index in [1.165, 1.54) is 16.1 Å². The maximum absolute atomic E-state index is 13.2. The molecule has 2 aliphatic carbocycles. The summed E-state index contributed by atoms with van der Waals surface area (Å²) in [5, 5.41) is 54.5. The Morgan fingerprint density at radius 1 is 0.593 bits per heavy atom. The highest BCUT2D eigenvalue weighted by Gasteiger charge is 2.41. The molecule has 6 fully saturated rings. The van der Waals surface area contributed by atoms with Crippen LogP contribution < -0.4 is 32.1 Å². The Labute approximate surface area is 535 Å². The molecular formula is C64H83BrN10O16. The van der Waals surface area contributed by atoms with Gasteiger partial charge in [0.15, 0.2) is 0 Å². The van der Waals surface area contributed by atoms with Crippen molar-refractivity contribution in [1.82, 2.24) is 52.1 Å². The number of amides is 6. The smallest absolute Gasteiger partial charge is 0.318 e. The molecule has 6 heterocycles. The van der Waals surface area contributed by atoms with Crippen LogP contribution >= 0.6 is 15.9 Å². The number of pyridine rings is 2. The van der Waals surface area contributed by atoms with Crippen LogP contribution in [-0.4, -0.2) is 190 Å². The highest BCUT2D eigenvalue weighted by Crippen LogP contribution is 2.34. The van der Waals surface area contributed by atoms with Crippen LogP contribution in [-0.2, 0) is 57.3 Å². The summed E-state index contributed by atoms with van der Waals surface area (Å²) in [5.41, 5.74) is 7.31. The van der Waals surface area contributed by atoms with E-state index < -0.39 is 77.0 Å². The number of carbonyl (C=O) groups excluding carboxylic acids is 6. The zero-order chi connectivity index (χ0) is 65.6. The summed E-state index contributed by atoms with van der Waals surface area (Å²) in [5.74, 6) is -4.33. The van der Waals surface area contributed by atoms with E-state index >= 15 is 0 Å². The van der Waals surface area contributed by atoms with Crippen molar-refractivity contribution in [3.8, 4) is 0 Å². The van der Waals surface area contributed by atoms with Gasteiger partial charge in [0.05, 0.1) is 87.4 Å². The Morgan fingerprint density at radius 3 is 1.42 bits per heavy atom. The number of carboxylic acids is 2. The lowest BCUT2D eigenvalue weighted by molar-refractivity contribution is -0.151. The number of aliphatic hydroxyl groups excluding tert-OH is 2. The minimum atomic E-state index is -1.28. The second-order valence-corrected chi connectivity index (χ2v) is 25.0. The van der Waals surface area contributed by atoms with Crippen LogP contribution in [0.25, 0.3) is 27.9 Å². The molecule has 0 radical (unpaired) electrons. The number of fused-ring (bicyclic) bond motifs is 2. The standard InChI is InChI=1S/C32H41N5O8.C24H30BrN5O4.C8H12O4/c1-19(33-28(39)25-4-3-13-37(36-25)30(41)20(2)34-29(40)27(38)23-7-8-23)24-10-9-22-6-5-21(16-26(22)35-24)11-12-32(31(42)43)17-44-14-15-45-18-32;1-13(18-10-8-15-7-9-17(25)12-20(15)28-18)26-22(32)19-4-3-11-30(29-19)24(34)14(2)27-23(33)21(31)16-5-6-16;1-2-8(7(9)10)5-11-3-4-12-6-8/h5-6,9-12,16,19-20,23,25,27,36,38H,3-4,7-8,13-15,17-18H2,1-2H3,(H,33,39)(H,34,40)(H,42,43);7-10,12-14,16,19,21,29,31H,3-6,11H2,1-2H3,(H,26,32)(H,27,33);2H,1,3-6H2,(H,9,10)/b12-11+;;/t19-,20+,25+,27+;13-,14+,19+,21+;/m11./s1. The first-order valence-corrected chi connectivity index (χ1v) is 31.6. The van der Waals surface area contributed by atoms with Crippen LogP contribution in [0.5, 0.6) is 0 Å². The first-order valence-electron chi connectivity index (χ1n) is 30.8. The van der Waals surface area contributed by atoms with Gasteiger partial charge in [0, 0.05) is 28.3 Å². The molecule has 6 amide bonds. The summed E-state index contributed by atoms with van der Waals surface area (Å²) < 4.78 is 22.0. The number of carbonyl (C=O) groups is 8. The SMILES string of the molecule is C=CC1(C(=O)O)COCCOC1.C[C@H](NC(=O)[C@@H](O)C1CC1)C(=O)N1CCC[C@@H](C(=O)N[C@H](C)c2ccc3ccc(/C=C/C4(C(=O)O)COCCOC4)cc3n2)N1.C[C@H](NC(=O)[C@@H](O)C1CC1)C(=O)N1CCC[C@@H](C(=O)N[C@H](C)c2ccc3ccc(Br)cc3n2)N1. The maximum Gasteiger partial charge on any atom is 0.318 e. The van der Waals surface area contributed by atoms with E-state index in [4.69, 9.17) is 29.0 Å². The first kappa shape index (κ1) is 69.5. The minimum absolute atomic E-state index is 0.0101. The molecule has 492 valence electrons. The molecule has 2 aromatic carbocycles. The minimum Gasteiger partial charge on any atom is -0.480 e. The number of aromatic nitrogens is 2. The van der Waals surface area contributed by atoms with Gasteiger partial charge in [0.1, 0.15) is 47.2 Å². The van der Waals surface area contributed by atoms with E-state index in [9.17, 15) is 53.7 Å². The quantitative estimate of drug-likeness (QED) is 0.0600. The normalized spacial score (nSPS) is 21.8. The number of benzene rings is 2. The fourth-order valence-electron chi connectivity index (χ4n) is 10.5. The molecule has 2 aromatic heterocycles. The van der Waals surface area contributed by atoms with Gasteiger partial charge in [-0.05, 0) is 127 Å². The highest BCUT2D eigenvalue weighted by atomic mass is 79.9. The summed E-state index contributed by atoms with van der Waals surface area (Å²) in [4.78, 5) is 109. The largest absolute Gasteiger partial charge is 0.480 e. The fourth-order valence-corrected chi connectivity index (χ4v) is 10.9. The van der Waals surface area contributed by atoms with Gasteiger partial charge in [-0.25, -0.2) is 10.9 Å². The molecule has 26 nitrogen and oxygen atoms in total. The van der Waals surface area contributed by atoms with Gasteiger partial charge in [0.25, 0.3) is 11.8 Å². The predicted molar refractivity (Wildman–Crippen MR) is 335 cm³/mol. The first-order chi connectivity index (χ1) is 43.5. The van der Waals surface area contributed by atoms with Crippen LogP contribution in [0.2, 0.25) is 0 Å². The third-order valence-electron chi connectivity index (χ3n) is 16.7. The number of halogens is 1. The van der Waals surface area contributed by atoms with E-state index in [1.54, 1.807) is 26.0 Å². The van der Waals surface area contributed by atoms with Crippen LogP contribution in [0.1, 0.15) is 108 Å². The van der Waals surface area contributed by atoms with Crippen LogP contribution in [0.4, 0.5) is 0 Å². The molecule has 2 saturated carbocycles. The van der Waals surface area contributed by atoms with E-state index in [2.05, 4.69) is 59.6 Å². The van der Waals surface area contributed by atoms with Crippen molar-refractivity contribution in [3.05, 3.63) is 101 Å². The predicted octanol–water partition coefficient (Wildman–Crippen LogP) is 3.55. The monoisotopic (exact) mass is 1330 g/mol. The molecule has 6 aliphatic rings. The van der Waals surface area contributed by atoms with Crippen molar-refractivity contribution in [3.63, 3.8) is 0 Å². The summed E-state index contributed by atoms with van der Waals surface area (Å²) in [7, 11) is 0. The van der Waals surface area contributed by atoms with Crippen LogP contribution in [0, 0.1) is 22.7 Å². The molecule has 4 aliphatic heterocycles. The van der Waals surface area contributed by atoms with Crippen molar-refractivity contribution in [2.45, 2.75) is 128 Å². The Bertz CT molecular complexity index is 3310. The third-order valence-corrected chi connectivity index (χ3v) is 17.2. The maximum atomic E-state index is 13.2. The van der Waals surface area contributed by atoms with Crippen LogP contribution in [0.15, 0.2) is 83.9 Å². The zero-order valence-electron chi connectivity index (χ0n) is 51.6. The topological polar surface area (TPSA) is 359 Å². The van der Waals surface area contributed by atoms with Crippen molar-refractivity contribution in [1.29, 1.82) is 0 Å². The summed E-state index contributed by atoms with van der Waals surface area (Å²) in [6.07, 6.45) is 8.14. The Balaban J connectivity index is 0.000000203. The lowest BCUT2D eigenvalue weighted by atomic mass is 9.89. The van der Waals surface area contributed by atoms with Gasteiger partial charge in [0.2, 0.25) is 23.6 Å². The van der Waals surface area contributed by atoms with Crippen LogP contribution in [0.3, 0.4) is 0 Å². The van der Waals surface area contributed by atoms with Gasteiger partial charge in [-0.2, -0.15) is 0 Å². The number of hydrogen-bond donors (Lipinski definition) is 10. The Hall–Kier alpha value is -7.34. The molecule has 91 heavy (non-hydrogen) atoms. The van der Waals surface area contributed by atoms with Gasteiger partial charge in [-0.15, -0.1) is 6.58 Å². The Morgan fingerprint density at radius 2 is 1.00 bits per heavy atom. The number of ether oxygens (including phenoxy) is 4. The van der Waals surface area contributed by atoms with Gasteiger partial charge < -0.3 is 60.6 Å². The zero-order valence-corrected chi connectivity index (χ0v) is 53.2. The number of rotatable bonds is 19. The number of carboxylic acid groups (broad SMARTS) is 2. The molecule has 0 spiro atoms. The second-order valence-electron chi connectivity index (χ2n) is 24.0. The van der Waals surface area contributed by atoms with Crippen molar-refractivity contribution in [2.24, 2.45) is 22.7 Å². The molecule has 4 saturated heterocycles. The molecule has 10 N–H and O–H groups in total. The number of aliphatic hydroxyl groups is 2. The summed E-state index contributed by atoms with van der Waals surface area (Å²) in [6.45, 7) is 13.1. The van der Waals surface area contributed by atoms with E-state index in [1.807, 2.05) is 74.5 Å². The van der Waals surface area contributed by atoms with Crippen molar-refractivity contribution in [2.75, 3.05) is 65.9 Å². The van der Waals surface area contributed by atoms with Crippen molar-refractivity contribution < 1.29 is 77.7 Å². The van der Waals surface area contributed by atoms with Gasteiger partial charge >= 0.3 is 11.9 Å². The summed E-state index contributed by atoms with van der Waals surface area (Å²) in [6, 6.07) is 15.5. The van der Waals surface area contributed by atoms with E-state index in [0.29, 0.717) is 76.4 Å². The summed E-state index contributed by atoms with van der Waals surface area (Å²) >= 11 is 3.46. The molecule has 0 unspecified atom stereocenters. The number of hydrazine groups is 2. The molecule has 0 bridgehead atoms. The average Bonchev–Trinajstić information content (AvgIpc) is 2.49.